The van der Waals surface area contributed by atoms with Gasteiger partial charge < -0.3 is 14.7 Å². The number of nitrogens with zero attached hydrogens (tertiary/aromatic N) is 3. The SMILES string of the molecule is O=C(Nc1ccc(F)c(Cl)c1)N1CCC[C@@H]1c1nc(-c2ccc(F)cc2)no1. The average molecular weight is 405 g/mol. The van der Waals surface area contributed by atoms with Gasteiger partial charge in [0.25, 0.3) is 0 Å². The highest BCUT2D eigenvalue weighted by Crippen LogP contribution is 2.32. The van der Waals surface area contributed by atoms with Gasteiger partial charge in [-0.2, -0.15) is 4.98 Å². The minimum atomic E-state index is -0.558. The topological polar surface area (TPSA) is 71.3 Å². The smallest absolute Gasteiger partial charge is 0.322 e. The number of hydrogen-bond acceptors (Lipinski definition) is 4. The molecule has 1 saturated heterocycles. The Bertz CT molecular complexity index is 1010. The summed E-state index contributed by atoms with van der Waals surface area (Å²) in [6.45, 7) is 0.514. The quantitative estimate of drug-likeness (QED) is 0.664. The first-order valence-electron chi connectivity index (χ1n) is 8.63. The maximum Gasteiger partial charge on any atom is 0.322 e. The fourth-order valence-electron chi connectivity index (χ4n) is 3.12. The maximum absolute atomic E-state index is 13.3. The van der Waals surface area contributed by atoms with E-state index >= 15 is 0 Å². The summed E-state index contributed by atoms with van der Waals surface area (Å²) in [7, 11) is 0. The van der Waals surface area contributed by atoms with Crippen LogP contribution in [-0.2, 0) is 0 Å². The van der Waals surface area contributed by atoms with E-state index in [0.29, 0.717) is 35.9 Å². The van der Waals surface area contributed by atoms with Crippen LogP contribution in [0.15, 0.2) is 47.0 Å². The Kier molecular flexibility index (Phi) is 4.95. The third-order valence-corrected chi connectivity index (χ3v) is 4.80. The Balaban J connectivity index is 1.51. The van der Waals surface area contributed by atoms with E-state index in [-0.39, 0.29) is 22.9 Å². The van der Waals surface area contributed by atoms with E-state index < -0.39 is 5.82 Å². The van der Waals surface area contributed by atoms with Crippen LogP contribution < -0.4 is 5.32 Å². The van der Waals surface area contributed by atoms with Gasteiger partial charge in [-0.05, 0) is 55.3 Å². The van der Waals surface area contributed by atoms with Crippen molar-refractivity contribution >= 4 is 23.3 Å². The number of nitrogens with one attached hydrogen (secondary N) is 1. The monoisotopic (exact) mass is 404 g/mol. The lowest BCUT2D eigenvalue weighted by molar-refractivity contribution is 0.193. The molecule has 2 amide bonds. The lowest BCUT2D eigenvalue weighted by atomic mass is 10.2. The van der Waals surface area contributed by atoms with Crippen LogP contribution in [0.2, 0.25) is 5.02 Å². The van der Waals surface area contributed by atoms with Gasteiger partial charge in [0.05, 0.1) is 5.02 Å². The number of carbonyl (C=O) groups is 1. The van der Waals surface area contributed by atoms with Crippen molar-refractivity contribution in [2.45, 2.75) is 18.9 Å². The Labute approximate surface area is 164 Å². The molecular formula is C19H15ClF2N4O2. The summed E-state index contributed by atoms with van der Waals surface area (Å²) in [5.41, 5.74) is 1.01. The van der Waals surface area contributed by atoms with Crippen LogP contribution in [-0.4, -0.2) is 27.6 Å². The van der Waals surface area contributed by atoms with Gasteiger partial charge in [-0.25, -0.2) is 13.6 Å². The van der Waals surface area contributed by atoms with Gasteiger partial charge in [0, 0.05) is 17.8 Å². The third-order valence-electron chi connectivity index (χ3n) is 4.51. The first kappa shape index (κ1) is 18.4. The highest BCUT2D eigenvalue weighted by atomic mass is 35.5. The number of carbonyl (C=O) groups excluding carboxylic acids is 1. The van der Waals surface area contributed by atoms with Crippen LogP contribution in [0.4, 0.5) is 19.3 Å². The number of likely N-dealkylation sites (tertiary alicyclic amines) is 1. The van der Waals surface area contributed by atoms with Crippen molar-refractivity contribution in [2.75, 3.05) is 11.9 Å². The summed E-state index contributed by atoms with van der Waals surface area (Å²) in [6, 6.07) is 8.96. The predicted octanol–water partition coefficient (Wildman–Crippen LogP) is 5.04. The summed E-state index contributed by atoms with van der Waals surface area (Å²) < 4.78 is 31.7. The van der Waals surface area contributed by atoms with E-state index in [9.17, 15) is 13.6 Å². The van der Waals surface area contributed by atoms with Crippen molar-refractivity contribution in [3.05, 3.63) is 65.0 Å². The molecule has 1 atom stereocenters. The van der Waals surface area contributed by atoms with Gasteiger partial charge in [0.15, 0.2) is 0 Å². The second-order valence-electron chi connectivity index (χ2n) is 6.37. The molecule has 0 spiro atoms. The molecule has 1 N–H and O–H groups in total. The first-order chi connectivity index (χ1) is 13.5. The second kappa shape index (κ2) is 7.55. The molecule has 9 heteroatoms. The first-order valence-corrected chi connectivity index (χ1v) is 9.01. The van der Waals surface area contributed by atoms with E-state index in [2.05, 4.69) is 15.5 Å². The fourth-order valence-corrected chi connectivity index (χ4v) is 3.30. The van der Waals surface area contributed by atoms with Crippen molar-refractivity contribution in [1.29, 1.82) is 0 Å². The molecule has 2 heterocycles. The van der Waals surface area contributed by atoms with E-state index in [1.165, 1.54) is 30.3 Å². The van der Waals surface area contributed by atoms with Crippen molar-refractivity contribution in [1.82, 2.24) is 15.0 Å². The average Bonchev–Trinajstić information content (AvgIpc) is 3.34. The highest BCUT2D eigenvalue weighted by molar-refractivity contribution is 6.31. The minimum Gasteiger partial charge on any atom is -0.337 e. The zero-order valence-electron chi connectivity index (χ0n) is 14.5. The van der Waals surface area contributed by atoms with Crippen molar-refractivity contribution in [3.8, 4) is 11.4 Å². The number of urea groups is 1. The highest BCUT2D eigenvalue weighted by Gasteiger charge is 2.34. The summed E-state index contributed by atoms with van der Waals surface area (Å²) >= 11 is 5.76. The van der Waals surface area contributed by atoms with Gasteiger partial charge in [0.2, 0.25) is 11.7 Å². The summed E-state index contributed by atoms with van der Waals surface area (Å²) in [6.07, 6.45) is 1.44. The number of benzene rings is 2. The second-order valence-corrected chi connectivity index (χ2v) is 6.78. The molecule has 28 heavy (non-hydrogen) atoms. The molecule has 4 rings (SSSR count). The molecule has 1 fully saturated rings. The van der Waals surface area contributed by atoms with E-state index in [1.807, 2.05) is 0 Å². The number of anilines is 1. The molecule has 144 valence electrons. The van der Waals surface area contributed by atoms with Crippen LogP contribution >= 0.6 is 11.6 Å². The number of rotatable bonds is 3. The molecule has 0 saturated carbocycles. The number of aromatic nitrogens is 2. The number of amides is 2. The van der Waals surface area contributed by atoms with Gasteiger partial charge in [-0.15, -0.1) is 0 Å². The van der Waals surface area contributed by atoms with Crippen LogP contribution in [0.5, 0.6) is 0 Å². The van der Waals surface area contributed by atoms with Crippen LogP contribution in [0, 0.1) is 11.6 Å². The van der Waals surface area contributed by atoms with Crippen molar-refractivity contribution in [3.63, 3.8) is 0 Å². The lowest BCUT2D eigenvalue weighted by Crippen LogP contribution is -2.34. The fraction of sp³-hybridized carbons (Fsp3) is 0.211. The van der Waals surface area contributed by atoms with Gasteiger partial charge >= 0.3 is 6.03 Å². The Hall–Kier alpha value is -3.00. The van der Waals surface area contributed by atoms with Crippen LogP contribution in [0.3, 0.4) is 0 Å². The summed E-state index contributed by atoms with van der Waals surface area (Å²) in [4.78, 5) is 18.6. The normalized spacial score (nSPS) is 16.4. The predicted molar refractivity (Wildman–Crippen MR) is 98.8 cm³/mol. The van der Waals surface area contributed by atoms with Crippen LogP contribution in [0.25, 0.3) is 11.4 Å². The summed E-state index contributed by atoms with van der Waals surface area (Å²) in [5, 5.41) is 6.56. The van der Waals surface area contributed by atoms with E-state index in [4.69, 9.17) is 16.1 Å². The Morgan fingerprint density at radius 3 is 2.75 bits per heavy atom. The van der Waals surface area contributed by atoms with E-state index in [0.717, 1.165) is 6.42 Å². The molecule has 1 aliphatic heterocycles. The van der Waals surface area contributed by atoms with Gasteiger partial charge in [0.1, 0.15) is 17.7 Å². The maximum atomic E-state index is 13.3. The standard InChI is InChI=1S/C19H15ClF2N4O2/c20-14-10-13(7-8-15(14)22)23-19(27)26-9-1-2-16(26)18-24-17(25-28-18)11-3-5-12(21)6-4-11/h3-8,10,16H,1-2,9H2,(H,23,27)/t16-/m1/s1. The minimum absolute atomic E-state index is 0.0726. The molecule has 0 unspecified atom stereocenters. The molecule has 2 aromatic carbocycles. The zero-order valence-corrected chi connectivity index (χ0v) is 15.3. The third kappa shape index (κ3) is 3.68. The molecule has 6 nitrogen and oxygen atoms in total. The van der Waals surface area contributed by atoms with Gasteiger partial charge in [-0.1, -0.05) is 16.8 Å². The molecular weight excluding hydrogens is 390 g/mol. The van der Waals surface area contributed by atoms with E-state index in [1.54, 1.807) is 17.0 Å². The Morgan fingerprint density at radius 2 is 2.00 bits per heavy atom. The molecule has 0 aliphatic carbocycles. The molecule has 3 aromatic rings. The Morgan fingerprint density at radius 1 is 1.21 bits per heavy atom. The molecule has 0 radical (unpaired) electrons. The molecule has 1 aromatic heterocycles. The van der Waals surface area contributed by atoms with Crippen LogP contribution in [0.1, 0.15) is 24.8 Å². The van der Waals surface area contributed by atoms with Crippen molar-refractivity contribution in [2.24, 2.45) is 0 Å². The zero-order chi connectivity index (χ0) is 19.7. The van der Waals surface area contributed by atoms with Crippen molar-refractivity contribution < 1.29 is 18.1 Å². The lowest BCUT2D eigenvalue weighted by Gasteiger charge is -2.22. The molecule has 1 aliphatic rings. The molecule has 0 bridgehead atoms. The van der Waals surface area contributed by atoms with Gasteiger partial charge in [-0.3, -0.25) is 0 Å². The summed E-state index contributed by atoms with van der Waals surface area (Å²) in [5.74, 6) is -0.276. The number of hydrogen-bond donors (Lipinski definition) is 1. The number of halogens is 3. The largest absolute Gasteiger partial charge is 0.337 e.